The molecule has 2 heterocycles. The van der Waals surface area contributed by atoms with Crippen LogP contribution in [-0.2, 0) is 6.42 Å². The minimum absolute atomic E-state index is 0.666. The Balaban J connectivity index is 2.04. The monoisotopic (exact) mass is 306 g/mol. The van der Waals surface area contributed by atoms with E-state index in [1.54, 1.807) is 11.3 Å². The molecule has 19 heavy (non-hydrogen) atoms. The van der Waals surface area contributed by atoms with Gasteiger partial charge in [0, 0.05) is 11.3 Å². The molecule has 3 rings (SSSR count). The van der Waals surface area contributed by atoms with Gasteiger partial charge in [0.25, 0.3) is 0 Å². The SMILES string of the molecule is Cc1n[nH]c(=S)cc1Cc1cc2cccc(Cl)c2s1. The predicted octanol–water partition coefficient (Wildman–Crippen LogP) is 4.91. The van der Waals surface area contributed by atoms with Crippen LogP contribution in [0, 0.1) is 11.6 Å². The first kappa shape index (κ1) is 12.8. The van der Waals surface area contributed by atoms with Crippen LogP contribution in [0.5, 0.6) is 0 Å². The molecule has 0 radical (unpaired) electrons. The van der Waals surface area contributed by atoms with Crippen molar-refractivity contribution in [3.05, 3.63) is 56.1 Å². The number of H-pyrrole nitrogens is 1. The fourth-order valence-corrected chi connectivity index (χ4v) is 3.61. The molecule has 0 saturated carbocycles. The number of halogens is 1. The lowest BCUT2D eigenvalue weighted by molar-refractivity contribution is 0.934. The summed E-state index contributed by atoms with van der Waals surface area (Å²) in [6.07, 6.45) is 0.840. The van der Waals surface area contributed by atoms with E-state index >= 15 is 0 Å². The highest BCUT2D eigenvalue weighted by Gasteiger charge is 2.07. The molecule has 0 amide bonds. The van der Waals surface area contributed by atoms with E-state index in [2.05, 4.69) is 22.3 Å². The number of fused-ring (bicyclic) bond motifs is 1. The Kier molecular flexibility index (Phi) is 3.39. The molecule has 5 heteroatoms. The van der Waals surface area contributed by atoms with Gasteiger partial charge in [-0.2, -0.15) is 5.10 Å². The van der Waals surface area contributed by atoms with E-state index < -0.39 is 0 Å². The van der Waals surface area contributed by atoms with Crippen molar-refractivity contribution in [3.8, 4) is 0 Å². The highest BCUT2D eigenvalue weighted by atomic mass is 35.5. The van der Waals surface area contributed by atoms with Gasteiger partial charge in [0.1, 0.15) is 4.64 Å². The quantitative estimate of drug-likeness (QED) is 0.682. The maximum Gasteiger partial charge on any atom is 0.119 e. The van der Waals surface area contributed by atoms with Crippen LogP contribution in [0.2, 0.25) is 5.02 Å². The average molecular weight is 307 g/mol. The van der Waals surface area contributed by atoms with Crippen molar-refractivity contribution in [2.45, 2.75) is 13.3 Å². The molecule has 1 aromatic carbocycles. The van der Waals surface area contributed by atoms with Crippen LogP contribution < -0.4 is 0 Å². The summed E-state index contributed by atoms with van der Waals surface area (Å²) in [5, 5.41) is 9.01. The topological polar surface area (TPSA) is 28.7 Å². The third-order valence-corrected chi connectivity index (χ3v) is 4.84. The molecule has 1 N–H and O–H groups in total. The van der Waals surface area contributed by atoms with Crippen molar-refractivity contribution in [3.63, 3.8) is 0 Å². The van der Waals surface area contributed by atoms with Gasteiger partial charge in [-0.15, -0.1) is 11.3 Å². The van der Waals surface area contributed by atoms with E-state index in [4.69, 9.17) is 23.8 Å². The van der Waals surface area contributed by atoms with E-state index in [-0.39, 0.29) is 0 Å². The van der Waals surface area contributed by atoms with Gasteiger partial charge in [0.2, 0.25) is 0 Å². The van der Waals surface area contributed by atoms with Gasteiger partial charge < -0.3 is 0 Å². The Morgan fingerprint density at radius 1 is 1.37 bits per heavy atom. The molecule has 2 nitrogen and oxygen atoms in total. The van der Waals surface area contributed by atoms with Crippen LogP contribution in [-0.4, -0.2) is 10.2 Å². The lowest BCUT2D eigenvalue weighted by atomic mass is 10.1. The largest absolute Gasteiger partial charge is 0.268 e. The molecule has 0 aliphatic carbocycles. The molecule has 96 valence electrons. The Hall–Kier alpha value is -1.23. The Morgan fingerprint density at radius 3 is 3.00 bits per heavy atom. The number of rotatable bonds is 2. The molecule has 0 unspecified atom stereocenters. The summed E-state index contributed by atoms with van der Waals surface area (Å²) in [6.45, 7) is 1.99. The van der Waals surface area contributed by atoms with Crippen LogP contribution in [0.1, 0.15) is 16.1 Å². The van der Waals surface area contributed by atoms with Crippen molar-refractivity contribution in [1.82, 2.24) is 10.2 Å². The third-order valence-electron chi connectivity index (χ3n) is 3.02. The van der Waals surface area contributed by atoms with Crippen LogP contribution in [0.3, 0.4) is 0 Å². The highest BCUT2D eigenvalue weighted by Crippen LogP contribution is 2.32. The van der Waals surface area contributed by atoms with E-state index in [1.807, 2.05) is 25.1 Å². The molecule has 0 fully saturated rings. The minimum atomic E-state index is 0.666. The second-order valence-corrected chi connectivity index (χ2v) is 6.37. The first-order valence-electron chi connectivity index (χ1n) is 5.85. The first-order chi connectivity index (χ1) is 9.13. The summed E-state index contributed by atoms with van der Waals surface area (Å²) in [4.78, 5) is 1.27. The smallest absolute Gasteiger partial charge is 0.119 e. The van der Waals surface area contributed by atoms with Gasteiger partial charge in [-0.1, -0.05) is 36.0 Å². The van der Waals surface area contributed by atoms with Gasteiger partial charge in [-0.25, -0.2) is 0 Å². The second-order valence-electron chi connectivity index (χ2n) is 4.39. The average Bonchev–Trinajstić information content (AvgIpc) is 2.78. The molecule has 0 aliphatic rings. The van der Waals surface area contributed by atoms with E-state index in [9.17, 15) is 0 Å². The Bertz CT molecular complexity index is 805. The van der Waals surface area contributed by atoms with Crippen LogP contribution in [0.4, 0.5) is 0 Å². The zero-order valence-corrected chi connectivity index (χ0v) is 12.6. The lowest BCUT2D eigenvalue weighted by Gasteiger charge is -2.01. The molecule has 0 bridgehead atoms. The maximum atomic E-state index is 6.21. The predicted molar refractivity (Wildman–Crippen MR) is 83.8 cm³/mol. The van der Waals surface area contributed by atoms with E-state index in [0.29, 0.717) is 4.64 Å². The lowest BCUT2D eigenvalue weighted by Crippen LogP contribution is -1.95. The zero-order valence-electron chi connectivity index (χ0n) is 10.2. The van der Waals surface area contributed by atoms with Crippen LogP contribution in [0.15, 0.2) is 30.3 Å². The summed E-state index contributed by atoms with van der Waals surface area (Å²) in [5.41, 5.74) is 2.14. The van der Waals surface area contributed by atoms with Gasteiger partial charge in [-0.05, 0) is 36.1 Å². The Morgan fingerprint density at radius 2 is 2.21 bits per heavy atom. The van der Waals surface area contributed by atoms with Gasteiger partial charge in [-0.3, -0.25) is 5.10 Å². The number of hydrogen-bond acceptors (Lipinski definition) is 3. The van der Waals surface area contributed by atoms with Crippen molar-refractivity contribution in [2.24, 2.45) is 0 Å². The Labute approximate surface area is 125 Å². The van der Waals surface area contributed by atoms with Gasteiger partial charge >= 0.3 is 0 Å². The van der Waals surface area contributed by atoms with E-state index in [1.165, 1.54) is 10.3 Å². The van der Waals surface area contributed by atoms with Gasteiger partial charge in [0.15, 0.2) is 0 Å². The number of aryl methyl sites for hydroxylation is 1. The molecular formula is C14H11ClN2S2. The molecule has 0 atom stereocenters. The summed E-state index contributed by atoms with van der Waals surface area (Å²) in [5.74, 6) is 0. The van der Waals surface area contributed by atoms with Crippen LogP contribution >= 0.6 is 35.2 Å². The number of aromatic amines is 1. The zero-order chi connectivity index (χ0) is 13.4. The number of aromatic nitrogens is 2. The summed E-state index contributed by atoms with van der Waals surface area (Å²) >= 11 is 13.1. The van der Waals surface area contributed by atoms with Crippen molar-refractivity contribution in [1.29, 1.82) is 0 Å². The number of benzene rings is 1. The standard InChI is InChI=1S/C14H11ClN2S2/c1-8-10(7-13(18)17-16-8)6-11-5-9-3-2-4-12(15)14(9)19-11/h2-5,7H,6H2,1H3,(H,17,18). The van der Waals surface area contributed by atoms with E-state index in [0.717, 1.165) is 27.4 Å². The number of nitrogens with one attached hydrogen (secondary N) is 1. The third kappa shape index (κ3) is 2.56. The summed E-state index contributed by atoms with van der Waals surface area (Å²) < 4.78 is 1.81. The fraction of sp³-hybridized carbons (Fsp3) is 0.143. The normalized spacial score (nSPS) is 11.1. The van der Waals surface area contributed by atoms with Crippen molar-refractivity contribution >= 4 is 45.2 Å². The highest BCUT2D eigenvalue weighted by molar-refractivity contribution is 7.71. The van der Waals surface area contributed by atoms with Crippen LogP contribution in [0.25, 0.3) is 10.1 Å². The van der Waals surface area contributed by atoms with Crippen molar-refractivity contribution < 1.29 is 0 Å². The molecule has 0 aliphatic heterocycles. The van der Waals surface area contributed by atoms with Crippen molar-refractivity contribution in [2.75, 3.05) is 0 Å². The maximum absolute atomic E-state index is 6.21. The molecule has 0 saturated heterocycles. The number of nitrogens with zero attached hydrogens (tertiary/aromatic N) is 1. The number of hydrogen-bond donors (Lipinski definition) is 1. The van der Waals surface area contributed by atoms with Gasteiger partial charge in [0.05, 0.1) is 15.4 Å². The summed E-state index contributed by atoms with van der Waals surface area (Å²) in [7, 11) is 0. The number of thiophene rings is 1. The fourth-order valence-electron chi connectivity index (χ4n) is 2.04. The second kappa shape index (κ2) is 5.04. The summed E-state index contributed by atoms with van der Waals surface area (Å²) in [6, 6.07) is 10.2. The first-order valence-corrected chi connectivity index (χ1v) is 7.46. The minimum Gasteiger partial charge on any atom is -0.268 e. The molecule has 2 aromatic heterocycles. The molecule has 0 spiro atoms. The molecular weight excluding hydrogens is 296 g/mol. The molecule has 3 aromatic rings.